The molecule has 1 aliphatic rings. The molecule has 0 spiro atoms. The maximum absolute atomic E-state index is 12.9. The topological polar surface area (TPSA) is 165 Å². The Kier molecular flexibility index (Phi) is 8.59. The Morgan fingerprint density at radius 3 is 2.67 bits per heavy atom. The lowest BCUT2D eigenvalue weighted by atomic mass is 9.90. The highest BCUT2D eigenvalue weighted by Crippen LogP contribution is 2.33. The number of ketones is 1. The van der Waals surface area contributed by atoms with Crippen LogP contribution in [-0.2, 0) is 28.3 Å². The first-order valence-electron chi connectivity index (χ1n) is 13.7. The third-order valence-electron chi connectivity index (χ3n) is 7.31. The number of sulfonamides is 1. The van der Waals surface area contributed by atoms with E-state index in [4.69, 9.17) is 5.73 Å². The van der Waals surface area contributed by atoms with Gasteiger partial charge in [0.1, 0.15) is 11.3 Å². The number of allylic oxidation sites excluding steroid dienone is 1. The number of aliphatic imine (C=N–C) groups is 1. The Hall–Kier alpha value is -4.88. The van der Waals surface area contributed by atoms with Gasteiger partial charge in [-0.25, -0.2) is 17.9 Å². The van der Waals surface area contributed by atoms with Crippen LogP contribution in [0.5, 0.6) is 0 Å². The van der Waals surface area contributed by atoms with E-state index in [0.717, 1.165) is 0 Å². The van der Waals surface area contributed by atoms with E-state index in [2.05, 4.69) is 26.2 Å². The average molecular weight is 640 g/mol. The number of nitrogens with two attached hydrogens (primary N) is 1. The first-order chi connectivity index (χ1) is 21.3. The van der Waals surface area contributed by atoms with Crippen LogP contribution in [0.2, 0.25) is 0 Å². The van der Waals surface area contributed by atoms with E-state index >= 15 is 0 Å². The number of hydrogen-bond acceptors (Lipinski definition) is 9. The Morgan fingerprint density at radius 2 is 2.00 bits per heavy atom. The molecule has 0 saturated carbocycles. The minimum absolute atomic E-state index is 0.00170. The van der Waals surface area contributed by atoms with Crippen LogP contribution in [0.4, 0.5) is 13.2 Å². The van der Waals surface area contributed by atoms with Gasteiger partial charge in [0.05, 0.1) is 37.0 Å². The van der Waals surface area contributed by atoms with Crippen molar-refractivity contribution in [3.63, 3.8) is 0 Å². The van der Waals surface area contributed by atoms with Gasteiger partial charge in [0.25, 0.3) is 10.0 Å². The van der Waals surface area contributed by atoms with Crippen molar-refractivity contribution in [2.24, 2.45) is 17.8 Å². The van der Waals surface area contributed by atoms with E-state index in [0.29, 0.717) is 33.6 Å². The standard InChI is InChI=1S/C29H28F3N9O3S/c1-39-10-6-27(38-39)45(43,44)40-18-28(19-40,8-9-33)36-15-23(14-34)22-13-26-35-17-25(41(26)37-16-22)21-4-2-3-20(11-21)12-24(42)5-7-29(30,31)32/h2-4,6,10-11,13-17H,5,7-8,12,18-19,34H2,1H3. The molecule has 1 aliphatic heterocycles. The number of fused-ring (bicyclic) bond motifs is 1. The second-order valence-corrected chi connectivity index (χ2v) is 12.6. The molecule has 1 aromatic carbocycles. The van der Waals surface area contributed by atoms with Gasteiger partial charge < -0.3 is 5.73 Å². The molecule has 4 aromatic rings. The number of aryl methyl sites for hydroxylation is 1. The summed E-state index contributed by atoms with van der Waals surface area (Å²) in [7, 11) is -2.21. The minimum Gasteiger partial charge on any atom is -0.404 e. The molecule has 0 amide bonds. The molecular weight excluding hydrogens is 611 g/mol. The van der Waals surface area contributed by atoms with Gasteiger partial charge in [-0.3, -0.25) is 14.5 Å². The summed E-state index contributed by atoms with van der Waals surface area (Å²) in [5, 5.41) is 17.8. The number of hydrogen-bond donors (Lipinski definition) is 1. The summed E-state index contributed by atoms with van der Waals surface area (Å²) in [6, 6.07) is 12.1. The number of aromatic nitrogens is 5. The van der Waals surface area contributed by atoms with Crippen molar-refractivity contribution < 1.29 is 26.4 Å². The zero-order chi connectivity index (χ0) is 32.4. The number of rotatable bonds is 11. The number of carbonyl (C=O) groups excluding carboxylic acids is 1. The summed E-state index contributed by atoms with van der Waals surface area (Å²) in [6.07, 6.45) is 1.22. The molecule has 12 nitrogen and oxygen atoms in total. The van der Waals surface area contributed by atoms with Crippen molar-refractivity contribution in [2.75, 3.05) is 13.1 Å². The Bertz CT molecular complexity index is 1950. The van der Waals surface area contributed by atoms with Crippen molar-refractivity contribution >= 4 is 33.2 Å². The number of benzene rings is 1. The second kappa shape index (κ2) is 12.3. The molecule has 2 N–H and O–H groups in total. The Morgan fingerprint density at radius 1 is 1.22 bits per heavy atom. The number of carbonyl (C=O) groups is 1. The Labute approximate surface area is 256 Å². The predicted octanol–water partition coefficient (Wildman–Crippen LogP) is 3.31. The molecule has 0 atom stereocenters. The third kappa shape index (κ3) is 6.94. The van der Waals surface area contributed by atoms with Gasteiger partial charge in [0.2, 0.25) is 0 Å². The van der Waals surface area contributed by atoms with Gasteiger partial charge in [0, 0.05) is 68.3 Å². The fraction of sp³-hybridized carbons (Fsp3) is 0.310. The lowest BCUT2D eigenvalue weighted by Crippen LogP contribution is -2.62. The SMILES string of the molecule is Cn1ccc(S(=O)(=O)N2CC(CC#N)(N=CC(=CN)c3cnn4c(-c5cccc(CC(=O)CCC(F)(F)F)c5)cnc4c3)C2)n1. The van der Waals surface area contributed by atoms with E-state index in [1.807, 2.05) is 0 Å². The fourth-order valence-electron chi connectivity index (χ4n) is 4.92. The number of nitrogens with zero attached hydrogens (tertiary/aromatic N) is 8. The fourth-order valence-corrected chi connectivity index (χ4v) is 6.47. The largest absolute Gasteiger partial charge is 0.404 e. The first-order valence-corrected chi connectivity index (χ1v) is 15.1. The van der Waals surface area contributed by atoms with E-state index in [1.165, 1.54) is 33.7 Å². The van der Waals surface area contributed by atoms with Gasteiger partial charge in [-0.2, -0.15) is 32.9 Å². The van der Waals surface area contributed by atoms with Crippen LogP contribution >= 0.6 is 0 Å². The number of alkyl halides is 3. The number of nitriles is 1. The maximum atomic E-state index is 12.9. The van der Waals surface area contributed by atoms with Crippen LogP contribution in [-0.4, -0.2) is 73.9 Å². The highest BCUT2D eigenvalue weighted by atomic mass is 32.2. The number of Topliss-reactive ketones (excluding diaryl/α,β-unsaturated/α-hetero) is 1. The predicted molar refractivity (Wildman–Crippen MR) is 158 cm³/mol. The molecule has 1 fully saturated rings. The molecule has 16 heteroatoms. The van der Waals surface area contributed by atoms with E-state index in [1.54, 1.807) is 54.3 Å². The van der Waals surface area contributed by atoms with E-state index < -0.39 is 40.4 Å². The first kappa shape index (κ1) is 31.5. The molecule has 5 rings (SSSR count). The molecule has 0 bridgehead atoms. The monoisotopic (exact) mass is 639 g/mol. The lowest BCUT2D eigenvalue weighted by Gasteiger charge is -2.44. The van der Waals surface area contributed by atoms with Gasteiger partial charge in [-0.05, 0) is 23.8 Å². The van der Waals surface area contributed by atoms with Crippen LogP contribution in [0.15, 0.2) is 71.2 Å². The Balaban J connectivity index is 1.31. The summed E-state index contributed by atoms with van der Waals surface area (Å²) in [5.74, 6) is -0.505. The van der Waals surface area contributed by atoms with Crippen LogP contribution in [0.25, 0.3) is 22.5 Å². The molecule has 4 heterocycles. The van der Waals surface area contributed by atoms with Crippen LogP contribution in [0.3, 0.4) is 0 Å². The average Bonchev–Trinajstić information content (AvgIpc) is 3.61. The molecule has 45 heavy (non-hydrogen) atoms. The van der Waals surface area contributed by atoms with Gasteiger partial charge in [-0.1, -0.05) is 18.2 Å². The molecule has 0 radical (unpaired) electrons. The number of imidazole rings is 1. The van der Waals surface area contributed by atoms with Crippen LogP contribution in [0, 0.1) is 11.3 Å². The summed E-state index contributed by atoms with van der Waals surface area (Å²) < 4.78 is 67.5. The van der Waals surface area contributed by atoms with Crippen molar-refractivity contribution in [3.05, 3.63) is 72.3 Å². The number of halogens is 3. The van der Waals surface area contributed by atoms with Gasteiger partial charge in [0.15, 0.2) is 10.7 Å². The zero-order valence-corrected chi connectivity index (χ0v) is 24.8. The molecule has 3 aromatic heterocycles. The summed E-state index contributed by atoms with van der Waals surface area (Å²) in [4.78, 5) is 21.1. The molecule has 0 unspecified atom stereocenters. The van der Waals surface area contributed by atoms with Crippen molar-refractivity contribution in [2.45, 2.75) is 42.4 Å². The quantitative estimate of drug-likeness (QED) is 0.244. The minimum atomic E-state index is -4.39. The third-order valence-corrected chi connectivity index (χ3v) is 8.99. The highest BCUT2D eigenvalue weighted by Gasteiger charge is 2.49. The zero-order valence-electron chi connectivity index (χ0n) is 24.0. The molecule has 1 saturated heterocycles. The van der Waals surface area contributed by atoms with Crippen molar-refractivity contribution in [1.82, 2.24) is 28.7 Å². The molecule has 234 valence electrons. The summed E-state index contributed by atoms with van der Waals surface area (Å²) in [5.41, 5.74) is 8.30. The highest BCUT2D eigenvalue weighted by molar-refractivity contribution is 7.89. The normalized spacial score (nSPS) is 15.8. The molecule has 0 aliphatic carbocycles. The van der Waals surface area contributed by atoms with Crippen molar-refractivity contribution in [1.29, 1.82) is 5.26 Å². The van der Waals surface area contributed by atoms with Crippen molar-refractivity contribution in [3.8, 4) is 17.3 Å². The second-order valence-electron chi connectivity index (χ2n) is 10.7. The van der Waals surface area contributed by atoms with E-state index in [9.17, 15) is 31.6 Å². The molecular formula is C29H28F3N9O3S. The lowest BCUT2D eigenvalue weighted by molar-refractivity contribution is -0.143. The summed E-state index contributed by atoms with van der Waals surface area (Å²) in [6.45, 7) is 0.00340. The van der Waals surface area contributed by atoms with Gasteiger partial charge >= 0.3 is 6.18 Å². The smallest absolute Gasteiger partial charge is 0.389 e. The van der Waals surface area contributed by atoms with Crippen LogP contribution < -0.4 is 5.73 Å². The van der Waals surface area contributed by atoms with Crippen LogP contribution in [0.1, 0.15) is 30.4 Å². The van der Waals surface area contributed by atoms with E-state index in [-0.39, 0.29) is 31.0 Å². The summed E-state index contributed by atoms with van der Waals surface area (Å²) >= 11 is 0. The van der Waals surface area contributed by atoms with Gasteiger partial charge in [-0.15, -0.1) is 0 Å². The maximum Gasteiger partial charge on any atom is 0.389 e.